The number of carbonyl (C=O) groups excluding carboxylic acids is 1. The van der Waals surface area contributed by atoms with Crippen molar-refractivity contribution in [3.05, 3.63) is 40.2 Å². The van der Waals surface area contributed by atoms with Gasteiger partial charge in [0, 0.05) is 30.5 Å². The topological polar surface area (TPSA) is 69.9 Å². The minimum Gasteiger partial charge on any atom is -0.440 e. The summed E-state index contributed by atoms with van der Waals surface area (Å²) in [6.45, 7) is 5.11. The molecule has 0 aromatic carbocycles. The molecular formula is C16H15F3N4O2S. The first-order valence-corrected chi connectivity index (χ1v) is 8.40. The van der Waals surface area contributed by atoms with Gasteiger partial charge >= 0.3 is 12.1 Å². The van der Waals surface area contributed by atoms with Crippen LogP contribution in [0.1, 0.15) is 38.7 Å². The van der Waals surface area contributed by atoms with Crippen LogP contribution in [-0.2, 0) is 11.8 Å². The number of aromatic nitrogens is 4. The summed E-state index contributed by atoms with van der Waals surface area (Å²) in [5, 5.41) is 0.660. The number of esters is 1. The Morgan fingerprint density at radius 2 is 1.96 bits per heavy atom. The van der Waals surface area contributed by atoms with Gasteiger partial charge in [-0.15, -0.1) is 11.3 Å². The van der Waals surface area contributed by atoms with Crippen molar-refractivity contribution in [2.24, 2.45) is 7.05 Å². The van der Waals surface area contributed by atoms with Crippen molar-refractivity contribution in [2.75, 3.05) is 0 Å². The third-order valence-electron chi connectivity index (χ3n) is 3.88. The zero-order valence-corrected chi connectivity index (χ0v) is 15.2. The SMILES string of the molecule is Cc1nc(C)c2c(C)c(C(=O)O[C@H](c3nccn3C)C(F)(F)F)sc2n1. The van der Waals surface area contributed by atoms with Crippen LogP contribution in [0, 0.1) is 20.8 Å². The number of alkyl halides is 3. The van der Waals surface area contributed by atoms with Gasteiger partial charge in [0.15, 0.2) is 5.82 Å². The van der Waals surface area contributed by atoms with Gasteiger partial charge < -0.3 is 9.30 Å². The zero-order valence-electron chi connectivity index (χ0n) is 14.4. The Hall–Kier alpha value is -2.49. The van der Waals surface area contributed by atoms with E-state index in [9.17, 15) is 18.0 Å². The lowest BCUT2D eigenvalue weighted by molar-refractivity contribution is -0.210. The Bertz CT molecular complexity index is 993. The highest BCUT2D eigenvalue weighted by Gasteiger charge is 2.47. The molecule has 0 aliphatic carbocycles. The van der Waals surface area contributed by atoms with Crippen molar-refractivity contribution in [1.29, 1.82) is 0 Å². The number of ether oxygens (including phenoxy) is 1. The molecule has 3 aromatic heterocycles. The van der Waals surface area contributed by atoms with Crippen molar-refractivity contribution in [3.8, 4) is 0 Å². The number of fused-ring (bicyclic) bond motifs is 1. The first kappa shape index (κ1) is 18.3. The van der Waals surface area contributed by atoms with Gasteiger partial charge in [-0.1, -0.05) is 0 Å². The van der Waals surface area contributed by atoms with Crippen LogP contribution in [0.5, 0.6) is 0 Å². The van der Waals surface area contributed by atoms with Crippen LogP contribution in [-0.4, -0.2) is 31.7 Å². The molecule has 0 spiro atoms. The molecule has 0 saturated heterocycles. The average Bonchev–Trinajstić information content (AvgIpc) is 3.07. The van der Waals surface area contributed by atoms with Gasteiger partial charge in [-0.25, -0.2) is 19.7 Å². The summed E-state index contributed by atoms with van der Waals surface area (Å²) in [5.41, 5.74) is 1.17. The van der Waals surface area contributed by atoms with E-state index < -0.39 is 24.1 Å². The van der Waals surface area contributed by atoms with E-state index in [-0.39, 0.29) is 4.88 Å². The first-order valence-electron chi connectivity index (χ1n) is 7.59. The van der Waals surface area contributed by atoms with Gasteiger partial charge in [-0.05, 0) is 26.3 Å². The summed E-state index contributed by atoms with van der Waals surface area (Å²) in [5.74, 6) is -0.929. The number of nitrogens with zero attached hydrogens (tertiary/aromatic N) is 4. The van der Waals surface area contributed by atoms with Crippen molar-refractivity contribution in [2.45, 2.75) is 33.1 Å². The molecule has 3 rings (SSSR count). The van der Waals surface area contributed by atoms with Crippen LogP contribution >= 0.6 is 11.3 Å². The minimum absolute atomic E-state index is 0.0754. The average molecular weight is 384 g/mol. The van der Waals surface area contributed by atoms with Crippen LogP contribution in [0.2, 0.25) is 0 Å². The number of hydrogen-bond donors (Lipinski definition) is 0. The fourth-order valence-electron chi connectivity index (χ4n) is 2.72. The molecule has 0 saturated carbocycles. The highest BCUT2D eigenvalue weighted by Crippen LogP contribution is 2.38. The zero-order chi connectivity index (χ0) is 19.2. The smallest absolute Gasteiger partial charge is 0.432 e. The van der Waals surface area contributed by atoms with E-state index in [4.69, 9.17) is 4.74 Å². The first-order chi connectivity index (χ1) is 12.1. The van der Waals surface area contributed by atoms with Gasteiger partial charge in [-0.3, -0.25) is 0 Å². The number of rotatable bonds is 3. The highest BCUT2D eigenvalue weighted by atomic mass is 32.1. The van der Waals surface area contributed by atoms with Gasteiger partial charge in [0.2, 0.25) is 0 Å². The molecule has 0 amide bonds. The van der Waals surface area contributed by atoms with Gasteiger partial charge in [0.1, 0.15) is 15.5 Å². The lowest BCUT2D eigenvalue weighted by Crippen LogP contribution is -2.28. The van der Waals surface area contributed by atoms with Crippen molar-refractivity contribution < 1.29 is 22.7 Å². The second-order valence-electron chi connectivity index (χ2n) is 5.82. The number of hydrogen-bond acceptors (Lipinski definition) is 6. The van der Waals surface area contributed by atoms with E-state index in [1.54, 1.807) is 20.8 Å². The Labute approximate surface area is 150 Å². The lowest BCUT2D eigenvalue weighted by Gasteiger charge is -2.20. The molecular weight excluding hydrogens is 369 g/mol. The van der Waals surface area contributed by atoms with E-state index in [2.05, 4.69) is 15.0 Å². The largest absolute Gasteiger partial charge is 0.440 e. The summed E-state index contributed by atoms with van der Waals surface area (Å²) in [4.78, 5) is 25.3. The maximum absolute atomic E-state index is 13.4. The molecule has 0 radical (unpaired) electrons. The fraction of sp³-hybridized carbons (Fsp3) is 0.375. The molecule has 10 heteroatoms. The highest BCUT2D eigenvalue weighted by molar-refractivity contribution is 7.20. The number of aryl methyl sites for hydroxylation is 4. The normalized spacial score (nSPS) is 13.2. The summed E-state index contributed by atoms with van der Waals surface area (Å²) in [6.07, 6.45) is -4.66. The van der Waals surface area contributed by atoms with Gasteiger partial charge in [0.05, 0.1) is 0 Å². The van der Waals surface area contributed by atoms with E-state index in [0.717, 1.165) is 11.3 Å². The summed E-state index contributed by atoms with van der Waals surface area (Å²) >= 11 is 0.994. The Morgan fingerprint density at radius 3 is 2.54 bits per heavy atom. The molecule has 0 fully saturated rings. The fourth-order valence-corrected chi connectivity index (χ4v) is 3.89. The second kappa shape index (κ2) is 6.35. The van der Waals surface area contributed by atoms with E-state index in [0.29, 0.717) is 27.3 Å². The van der Waals surface area contributed by atoms with Crippen LogP contribution in [0.25, 0.3) is 10.2 Å². The quantitative estimate of drug-likeness (QED) is 0.642. The third kappa shape index (κ3) is 3.16. The number of halogens is 3. The van der Waals surface area contributed by atoms with Gasteiger partial charge in [-0.2, -0.15) is 13.2 Å². The summed E-state index contributed by atoms with van der Waals surface area (Å²) in [7, 11) is 1.40. The molecule has 0 unspecified atom stereocenters. The lowest BCUT2D eigenvalue weighted by atomic mass is 10.1. The molecule has 26 heavy (non-hydrogen) atoms. The van der Waals surface area contributed by atoms with Crippen molar-refractivity contribution >= 4 is 27.5 Å². The predicted octanol–water partition coefficient (Wildman–Crippen LogP) is 3.81. The second-order valence-corrected chi connectivity index (χ2v) is 6.81. The summed E-state index contributed by atoms with van der Waals surface area (Å²) < 4.78 is 46.2. The Balaban J connectivity index is 2.01. The summed E-state index contributed by atoms with van der Waals surface area (Å²) in [6, 6.07) is 0. The number of carbonyl (C=O) groups is 1. The van der Waals surface area contributed by atoms with E-state index >= 15 is 0 Å². The van der Waals surface area contributed by atoms with Crippen LogP contribution in [0.15, 0.2) is 12.4 Å². The molecule has 0 aliphatic rings. The molecule has 0 bridgehead atoms. The third-order valence-corrected chi connectivity index (χ3v) is 5.05. The van der Waals surface area contributed by atoms with E-state index in [1.807, 2.05) is 0 Å². The maximum Gasteiger partial charge on any atom is 0.432 e. The molecule has 0 aliphatic heterocycles. The molecule has 0 N–H and O–H groups in total. The van der Waals surface area contributed by atoms with E-state index in [1.165, 1.54) is 24.0 Å². The maximum atomic E-state index is 13.4. The minimum atomic E-state index is -4.79. The van der Waals surface area contributed by atoms with Crippen molar-refractivity contribution in [3.63, 3.8) is 0 Å². The predicted molar refractivity (Wildman–Crippen MR) is 89.0 cm³/mol. The molecule has 1 atom stereocenters. The molecule has 3 heterocycles. The Morgan fingerprint density at radius 1 is 1.27 bits per heavy atom. The van der Waals surface area contributed by atoms with Crippen molar-refractivity contribution in [1.82, 2.24) is 19.5 Å². The monoisotopic (exact) mass is 384 g/mol. The molecule has 3 aromatic rings. The van der Waals surface area contributed by atoms with Gasteiger partial charge in [0.25, 0.3) is 6.10 Å². The number of imidazole rings is 1. The van der Waals surface area contributed by atoms with Crippen LogP contribution < -0.4 is 0 Å². The van der Waals surface area contributed by atoms with Crippen LogP contribution in [0.3, 0.4) is 0 Å². The Kier molecular flexibility index (Phi) is 4.47. The molecule has 6 nitrogen and oxygen atoms in total. The van der Waals surface area contributed by atoms with Crippen LogP contribution in [0.4, 0.5) is 13.2 Å². The standard InChI is InChI=1S/C16H15F3N4O2S/c1-7-10-8(2)21-9(3)22-14(10)26-11(7)15(24)25-12(16(17,18)19)13-20-5-6-23(13)4/h5-6,12H,1-4H3/t12-/m1/s1. The number of thiophene rings is 1. The molecule has 138 valence electrons.